The van der Waals surface area contributed by atoms with Gasteiger partial charge in [-0.1, -0.05) is 12.1 Å². The summed E-state index contributed by atoms with van der Waals surface area (Å²) in [5, 5.41) is 2.74. The molecule has 2 aromatic carbocycles. The van der Waals surface area contributed by atoms with Crippen molar-refractivity contribution < 1.29 is 19.1 Å². The van der Waals surface area contributed by atoms with Gasteiger partial charge in [0.2, 0.25) is 0 Å². The number of nitrogens with one attached hydrogen (secondary N) is 1. The van der Waals surface area contributed by atoms with Crippen molar-refractivity contribution in [3.63, 3.8) is 0 Å². The number of carbonyl (C=O) groups excluding carboxylic acids is 2. The fourth-order valence-electron chi connectivity index (χ4n) is 3.12. The molecule has 0 saturated carbocycles. The van der Waals surface area contributed by atoms with Gasteiger partial charge in [0.1, 0.15) is 5.75 Å². The lowest BCUT2D eigenvalue weighted by Crippen LogP contribution is -2.29. The van der Waals surface area contributed by atoms with Crippen molar-refractivity contribution in [3.05, 3.63) is 54.1 Å². The number of hydrogen-bond donors (Lipinski definition) is 1. The number of anilines is 2. The molecular formula is C22H26N2O4. The summed E-state index contributed by atoms with van der Waals surface area (Å²) in [4.78, 5) is 26.4. The predicted octanol–water partition coefficient (Wildman–Crippen LogP) is 3.54. The van der Waals surface area contributed by atoms with E-state index < -0.39 is 12.1 Å². The lowest BCUT2D eigenvalue weighted by Gasteiger charge is -2.18. The van der Waals surface area contributed by atoms with Gasteiger partial charge in [0, 0.05) is 24.5 Å². The molecule has 1 saturated heterocycles. The lowest BCUT2D eigenvalue weighted by molar-refractivity contribution is -0.153. The Balaban J connectivity index is 1.43. The smallest absolute Gasteiger partial charge is 0.347 e. The van der Waals surface area contributed by atoms with Crippen molar-refractivity contribution in [3.8, 4) is 5.75 Å². The van der Waals surface area contributed by atoms with E-state index in [-0.39, 0.29) is 12.5 Å². The number of ether oxygens (including phenoxy) is 2. The molecular weight excluding hydrogens is 356 g/mol. The van der Waals surface area contributed by atoms with Crippen LogP contribution in [-0.2, 0) is 14.3 Å². The summed E-state index contributed by atoms with van der Waals surface area (Å²) >= 11 is 0. The minimum absolute atomic E-state index is 0.353. The first-order chi connectivity index (χ1) is 13.5. The summed E-state index contributed by atoms with van der Waals surface area (Å²) in [6, 6.07) is 15.1. The lowest BCUT2D eigenvalue weighted by atomic mass is 10.2. The first-order valence-electron chi connectivity index (χ1n) is 9.56. The Hall–Kier alpha value is -3.02. The number of aryl methyl sites for hydroxylation is 1. The van der Waals surface area contributed by atoms with E-state index in [1.807, 2.05) is 49.4 Å². The molecule has 0 aromatic heterocycles. The van der Waals surface area contributed by atoms with Crippen LogP contribution in [0.5, 0.6) is 5.75 Å². The Morgan fingerprint density at radius 2 is 1.82 bits per heavy atom. The summed E-state index contributed by atoms with van der Waals surface area (Å²) in [6.45, 7) is 5.33. The quantitative estimate of drug-likeness (QED) is 0.742. The number of hydrogen-bond acceptors (Lipinski definition) is 5. The molecule has 2 aromatic rings. The summed E-state index contributed by atoms with van der Waals surface area (Å²) in [5.74, 6) is -0.377. The summed E-state index contributed by atoms with van der Waals surface area (Å²) in [5.41, 5.74) is 2.87. The second-order valence-corrected chi connectivity index (χ2v) is 6.97. The van der Waals surface area contributed by atoms with E-state index in [2.05, 4.69) is 10.2 Å². The van der Waals surface area contributed by atoms with Crippen LogP contribution in [0.1, 0.15) is 25.3 Å². The number of esters is 1. The highest BCUT2D eigenvalue weighted by molar-refractivity contribution is 5.93. The Labute approximate surface area is 165 Å². The average Bonchev–Trinajstić information content (AvgIpc) is 3.21. The highest BCUT2D eigenvalue weighted by atomic mass is 16.6. The van der Waals surface area contributed by atoms with E-state index in [9.17, 15) is 9.59 Å². The highest BCUT2D eigenvalue weighted by Gasteiger charge is 2.18. The largest absolute Gasteiger partial charge is 0.479 e. The normalized spacial score (nSPS) is 14.4. The van der Waals surface area contributed by atoms with Gasteiger partial charge in [-0.15, -0.1) is 0 Å². The minimum Gasteiger partial charge on any atom is -0.479 e. The maximum atomic E-state index is 12.0. The van der Waals surface area contributed by atoms with Crippen LogP contribution in [0.2, 0.25) is 0 Å². The van der Waals surface area contributed by atoms with Gasteiger partial charge in [0.25, 0.3) is 5.91 Å². The van der Waals surface area contributed by atoms with Crippen LogP contribution in [0.4, 0.5) is 11.4 Å². The second-order valence-electron chi connectivity index (χ2n) is 6.97. The van der Waals surface area contributed by atoms with Crippen LogP contribution in [-0.4, -0.2) is 37.7 Å². The zero-order valence-corrected chi connectivity index (χ0v) is 16.3. The Kier molecular flexibility index (Phi) is 6.53. The third kappa shape index (κ3) is 5.49. The molecule has 1 amide bonds. The maximum absolute atomic E-state index is 12.0. The van der Waals surface area contributed by atoms with Crippen molar-refractivity contribution in [2.45, 2.75) is 32.8 Å². The van der Waals surface area contributed by atoms with E-state index in [1.54, 1.807) is 13.0 Å². The average molecular weight is 382 g/mol. The third-order valence-electron chi connectivity index (χ3n) is 4.60. The molecule has 6 nitrogen and oxygen atoms in total. The molecule has 1 N–H and O–H groups in total. The fourth-order valence-corrected chi connectivity index (χ4v) is 3.12. The van der Waals surface area contributed by atoms with Crippen LogP contribution >= 0.6 is 0 Å². The molecule has 1 aliphatic rings. The summed E-state index contributed by atoms with van der Waals surface area (Å²) in [6.07, 6.45) is 1.64. The van der Waals surface area contributed by atoms with Gasteiger partial charge in [-0.05, 0) is 68.7 Å². The minimum atomic E-state index is -0.797. The first-order valence-corrected chi connectivity index (χ1v) is 9.56. The molecule has 6 heteroatoms. The Morgan fingerprint density at radius 3 is 2.50 bits per heavy atom. The fraction of sp³-hybridized carbons (Fsp3) is 0.364. The summed E-state index contributed by atoms with van der Waals surface area (Å²) in [7, 11) is 0. The molecule has 0 aliphatic carbocycles. The highest BCUT2D eigenvalue weighted by Crippen LogP contribution is 2.22. The molecule has 0 bridgehead atoms. The second kappa shape index (κ2) is 9.26. The van der Waals surface area contributed by atoms with Crippen molar-refractivity contribution in [2.24, 2.45) is 0 Å². The molecule has 0 unspecified atom stereocenters. The molecule has 1 fully saturated rings. The van der Waals surface area contributed by atoms with Gasteiger partial charge in [-0.25, -0.2) is 4.79 Å². The standard InChI is InChI=1S/C22H26N2O4/c1-16-6-5-7-20(14-16)28-17(2)22(26)27-15-21(25)23-18-8-10-19(11-9-18)24-12-3-4-13-24/h5-11,14,17H,3-4,12-13,15H2,1-2H3,(H,23,25)/t17-/m0/s1. The topological polar surface area (TPSA) is 67.9 Å². The zero-order chi connectivity index (χ0) is 19.9. The monoisotopic (exact) mass is 382 g/mol. The SMILES string of the molecule is Cc1cccc(O[C@@H](C)C(=O)OCC(=O)Nc2ccc(N3CCCC3)cc2)c1. The molecule has 1 heterocycles. The van der Waals surface area contributed by atoms with Gasteiger partial charge >= 0.3 is 5.97 Å². The van der Waals surface area contributed by atoms with Crippen LogP contribution in [0.3, 0.4) is 0 Å². The van der Waals surface area contributed by atoms with Crippen molar-refractivity contribution in [1.82, 2.24) is 0 Å². The zero-order valence-electron chi connectivity index (χ0n) is 16.3. The molecule has 0 radical (unpaired) electrons. The van der Waals surface area contributed by atoms with Gasteiger partial charge in [-0.3, -0.25) is 4.79 Å². The number of amides is 1. The molecule has 0 spiro atoms. The molecule has 1 atom stereocenters. The maximum Gasteiger partial charge on any atom is 0.347 e. The van der Waals surface area contributed by atoms with E-state index in [1.165, 1.54) is 12.8 Å². The number of rotatable bonds is 7. The first kappa shape index (κ1) is 19.7. The Morgan fingerprint density at radius 1 is 1.11 bits per heavy atom. The molecule has 3 rings (SSSR count). The van der Waals surface area contributed by atoms with E-state index in [0.29, 0.717) is 11.4 Å². The van der Waals surface area contributed by atoms with Crippen LogP contribution in [0, 0.1) is 6.92 Å². The summed E-state index contributed by atoms with van der Waals surface area (Å²) < 4.78 is 10.6. The number of benzene rings is 2. The van der Waals surface area contributed by atoms with Crippen molar-refractivity contribution in [2.75, 3.05) is 29.9 Å². The number of nitrogens with zero attached hydrogens (tertiary/aromatic N) is 1. The third-order valence-corrected chi connectivity index (χ3v) is 4.60. The van der Waals surface area contributed by atoms with Gasteiger partial charge in [0.05, 0.1) is 0 Å². The van der Waals surface area contributed by atoms with Crippen LogP contribution < -0.4 is 15.0 Å². The van der Waals surface area contributed by atoms with E-state index in [4.69, 9.17) is 9.47 Å². The van der Waals surface area contributed by atoms with Gasteiger partial charge < -0.3 is 19.7 Å². The van der Waals surface area contributed by atoms with Crippen LogP contribution in [0.15, 0.2) is 48.5 Å². The molecule has 1 aliphatic heterocycles. The number of carbonyl (C=O) groups is 2. The van der Waals surface area contributed by atoms with Gasteiger partial charge in [0.15, 0.2) is 12.7 Å². The molecule has 148 valence electrons. The predicted molar refractivity (Wildman–Crippen MR) is 109 cm³/mol. The van der Waals surface area contributed by atoms with E-state index in [0.717, 1.165) is 24.3 Å². The van der Waals surface area contributed by atoms with Crippen molar-refractivity contribution in [1.29, 1.82) is 0 Å². The Bertz CT molecular complexity index is 814. The van der Waals surface area contributed by atoms with Crippen LogP contribution in [0.25, 0.3) is 0 Å². The molecule has 28 heavy (non-hydrogen) atoms. The van der Waals surface area contributed by atoms with E-state index >= 15 is 0 Å². The van der Waals surface area contributed by atoms with Crippen molar-refractivity contribution >= 4 is 23.3 Å². The van der Waals surface area contributed by atoms with Gasteiger partial charge in [-0.2, -0.15) is 0 Å².